The van der Waals surface area contributed by atoms with E-state index in [2.05, 4.69) is 39.1 Å². The van der Waals surface area contributed by atoms with Gasteiger partial charge in [-0.2, -0.15) is 0 Å². The average molecular weight is 336 g/mol. The average Bonchev–Trinajstić information content (AvgIpc) is 3.00. The molecule has 1 fully saturated rings. The number of nitrogens with two attached hydrogens (primary N) is 1. The first-order chi connectivity index (χ1) is 11.1. The molecule has 1 aliphatic heterocycles. The summed E-state index contributed by atoms with van der Waals surface area (Å²) >= 11 is 1.78. The van der Waals surface area contributed by atoms with Crippen LogP contribution >= 0.6 is 11.3 Å². The van der Waals surface area contributed by atoms with Crippen molar-refractivity contribution in [1.29, 1.82) is 0 Å². The summed E-state index contributed by atoms with van der Waals surface area (Å²) in [5, 5.41) is 6.68. The molecule has 3 N–H and O–H groups in total. The second-order valence-corrected chi connectivity index (χ2v) is 7.29. The molecule has 0 spiro atoms. The molecule has 2 rings (SSSR count). The van der Waals surface area contributed by atoms with E-state index in [-0.39, 0.29) is 0 Å². The van der Waals surface area contributed by atoms with E-state index in [1.54, 1.807) is 11.3 Å². The van der Waals surface area contributed by atoms with Gasteiger partial charge >= 0.3 is 0 Å². The zero-order valence-corrected chi connectivity index (χ0v) is 15.2. The van der Waals surface area contributed by atoms with Crippen LogP contribution in [-0.4, -0.2) is 42.0 Å². The number of aliphatic imine (C=N–C) groups is 1. The topological polar surface area (TPSA) is 66.5 Å². The molecule has 0 atom stereocenters. The first-order valence-corrected chi connectivity index (χ1v) is 9.28. The van der Waals surface area contributed by atoms with Gasteiger partial charge in [-0.05, 0) is 45.2 Å². The van der Waals surface area contributed by atoms with Crippen LogP contribution in [0.2, 0.25) is 0 Å². The lowest BCUT2D eigenvalue weighted by Crippen LogP contribution is -2.40. The number of nitrogens with zero attached hydrogens (tertiary/aromatic N) is 3. The molecule has 0 radical (unpaired) electrons. The Labute approximate surface area is 143 Å². The molecule has 6 heteroatoms. The van der Waals surface area contributed by atoms with Crippen LogP contribution in [0.1, 0.15) is 37.4 Å². The maximum Gasteiger partial charge on any atom is 0.188 e. The summed E-state index contributed by atoms with van der Waals surface area (Å²) in [6.07, 6.45) is 3.43. The fourth-order valence-corrected chi connectivity index (χ4v) is 3.42. The monoisotopic (exact) mass is 335 g/mol. The van der Waals surface area contributed by atoms with E-state index >= 15 is 0 Å². The first-order valence-electron chi connectivity index (χ1n) is 8.40. The minimum Gasteiger partial charge on any atom is -0.370 e. The van der Waals surface area contributed by atoms with Gasteiger partial charge < -0.3 is 11.1 Å². The summed E-state index contributed by atoms with van der Waals surface area (Å²) in [5.74, 6) is 1.21. The van der Waals surface area contributed by atoms with Crippen LogP contribution in [0.25, 0.3) is 0 Å². The number of aromatic nitrogens is 1. The number of guanidine groups is 1. The lowest BCUT2D eigenvalue weighted by Gasteiger charge is -2.31. The fraction of sp³-hybridized carbons (Fsp3) is 0.647. The second-order valence-electron chi connectivity index (χ2n) is 6.35. The molecule has 0 aliphatic carbocycles. The van der Waals surface area contributed by atoms with Crippen molar-refractivity contribution in [3.63, 3.8) is 0 Å². The van der Waals surface area contributed by atoms with Crippen molar-refractivity contribution in [2.45, 2.75) is 39.7 Å². The van der Waals surface area contributed by atoms with Crippen molar-refractivity contribution in [3.8, 4) is 0 Å². The number of rotatable bonds is 7. The lowest BCUT2D eigenvalue weighted by molar-refractivity contribution is 0.176. The molecule has 1 aliphatic rings. The zero-order chi connectivity index (χ0) is 16.7. The minimum absolute atomic E-state index is 0.532. The molecule has 1 saturated heterocycles. The van der Waals surface area contributed by atoms with Crippen molar-refractivity contribution in [3.05, 3.63) is 28.2 Å². The molecule has 0 unspecified atom stereocenters. The Morgan fingerprint density at radius 3 is 2.87 bits per heavy atom. The maximum absolute atomic E-state index is 5.86. The molecule has 5 nitrogen and oxygen atoms in total. The Hall–Kier alpha value is -1.40. The molecule has 2 heterocycles. The summed E-state index contributed by atoms with van der Waals surface area (Å²) in [6.45, 7) is 12.7. The third-order valence-corrected chi connectivity index (χ3v) is 5.13. The largest absolute Gasteiger partial charge is 0.370 e. The van der Waals surface area contributed by atoms with Crippen molar-refractivity contribution in [2.24, 2.45) is 16.6 Å². The third kappa shape index (κ3) is 6.31. The van der Waals surface area contributed by atoms with Gasteiger partial charge in [-0.15, -0.1) is 11.3 Å². The summed E-state index contributed by atoms with van der Waals surface area (Å²) in [7, 11) is 0. The number of piperidine rings is 1. The first kappa shape index (κ1) is 17.9. The number of aryl methyl sites for hydroxylation is 1. The highest BCUT2D eigenvalue weighted by molar-refractivity contribution is 7.09. The van der Waals surface area contributed by atoms with E-state index in [9.17, 15) is 0 Å². The molecule has 0 bridgehead atoms. The van der Waals surface area contributed by atoms with Crippen molar-refractivity contribution in [1.82, 2.24) is 15.2 Å². The highest BCUT2D eigenvalue weighted by Crippen LogP contribution is 2.19. The summed E-state index contributed by atoms with van der Waals surface area (Å²) < 4.78 is 0. The van der Waals surface area contributed by atoms with E-state index in [4.69, 9.17) is 5.73 Å². The smallest absolute Gasteiger partial charge is 0.188 e. The summed E-state index contributed by atoms with van der Waals surface area (Å²) in [5.41, 5.74) is 8.11. The molecular weight excluding hydrogens is 306 g/mol. The zero-order valence-electron chi connectivity index (χ0n) is 14.3. The quantitative estimate of drug-likeness (QED) is 0.456. The minimum atomic E-state index is 0.532. The molecule has 1 aromatic rings. The fourth-order valence-electron chi connectivity index (χ4n) is 2.69. The molecular formula is C17H29N5S. The molecule has 0 saturated carbocycles. The van der Waals surface area contributed by atoms with E-state index in [1.165, 1.54) is 23.5 Å². The van der Waals surface area contributed by atoms with Gasteiger partial charge in [-0.1, -0.05) is 19.1 Å². The lowest BCUT2D eigenvalue weighted by atomic mass is 9.97. The number of thiazole rings is 1. The van der Waals surface area contributed by atoms with Crippen LogP contribution < -0.4 is 11.1 Å². The third-order valence-electron chi connectivity index (χ3n) is 4.09. The molecule has 0 amide bonds. The predicted octanol–water partition coefficient (Wildman–Crippen LogP) is 2.40. The maximum atomic E-state index is 5.86. The Kier molecular flexibility index (Phi) is 7.05. The number of likely N-dealkylation sites (tertiary alicyclic amines) is 1. The van der Waals surface area contributed by atoms with Crippen LogP contribution in [0.15, 0.2) is 22.5 Å². The van der Waals surface area contributed by atoms with E-state index < -0.39 is 0 Å². The summed E-state index contributed by atoms with van der Waals surface area (Å²) in [4.78, 5) is 11.4. The number of hydrogen-bond donors (Lipinski definition) is 2. The van der Waals surface area contributed by atoms with Gasteiger partial charge in [-0.3, -0.25) is 4.90 Å². The Morgan fingerprint density at radius 1 is 1.52 bits per heavy atom. The van der Waals surface area contributed by atoms with Crippen LogP contribution in [-0.2, 0) is 13.0 Å². The van der Waals surface area contributed by atoms with Crippen LogP contribution in [0.5, 0.6) is 0 Å². The van der Waals surface area contributed by atoms with Gasteiger partial charge in [0.25, 0.3) is 0 Å². The van der Waals surface area contributed by atoms with Gasteiger partial charge in [0, 0.05) is 18.5 Å². The van der Waals surface area contributed by atoms with Crippen molar-refractivity contribution in [2.75, 3.05) is 26.2 Å². The Balaban J connectivity index is 1.67. The molecule has 128 valence electrons. The van der Waals surface area contributed by atoms with E-state index in [1.807, 2.05) is 6.92 Å². The molecule has 23 heavy (non-hydrogen) atoms. The highest BCUT2D eigenvalue weighted by Gasteiger charge is 2.19. The van der Waals surface area contributed by atoms with Crippen LogP contribution in [0.4, 0.5) is 0 Å². The van der Waals surface area contributed by atoms with Crippen molar-refractivity contribution >= 4 is 17.3 Å². The standard InChI is InChI=1S/C17H29N5S/c1-4-16-21-15(12-23-16)11-22-7-5-14(6-8-22)10-20-17(18)19-9-13(2)3/h12,14H,2,4-11H2,1,3H3,(H3,18,19,20). The van der Waals surface area contributed by atoms with Gasteiger partial charge in [0.15, 0.2) is 5.96 Å². The Bertz CT molecular complexity index is 529. The SMILES string of the molecule is C=C(C)CN=C(N)NCC1CCN(Cc2csc(CC)n2)CC1. The van der Waals surface area contributed by atoms with E-state index in [0.717, 1.165) is 38.2 Å². The van der Waals surface area contributed by atoms with Gasteiger partial charge in [0.05, 0.1) is 17.2 Å². The normalized spacial score (nSPS) is 17.4. The van der Waals surface area contributed by atoms with Gasteiger partial charge in [-0.25, -0.2) is 9.98 Å². The second kappa shape index (κ2) is 9.03. The predicted molar refractivity (Wildman–Crippen MR) is 98.8 cm³/mol. The van der Waals surface area contributed by atoms with Crippen LogP contribution in [0.3, 0.4) is 0 Å². The van der Waals surface area contributed by atoms with Crippen LogP contribution in [0, 0.1) is 5.92 Å². The van der Waals surface area contributed by atoms with Gasteiger partial charge in [0.2, 0.25) is 0 Å². The number of hydrogen-bond acceptors (Lipinski definition) is 4. The van der Waals surface area contributed by atoms with Crippen molar-refractivity contribution < 1.29 is 0 Å². The van der Waals surface area contributed by atoms with Gasteiger partial charge in [0.1, 0.15) is 0 Å². The Morgan fingerprint density at radius 2 is 2.26 bits per heavy atom. The summed E-state index contributed by atoms with van der Waals surface area (Å²) in [6, 6.07) is 0. The molecule has 1 aromatic heterocycles. The van der Waals surface area contributed by atoms with E-state index in [0.29, 0.717) is 18.4 Å². The molecule has 0 aromatic carbocycles. The highest BCUT2D eigenvalue weighted by atomic mass is 32.1. The number of nitrogens with one attached hydrogen (secondary N) is 1.